The largest absolute Gasteiger partial charge is 0.497 e. The van der Waals surface area contributed by atoms with Crippen LogP contribution >= 0.6 is 15.9 Å². The highest BCUT2D eigenvalue weighted by Crippen LogP contribution is 2.28. The number of unbranched alkanes of at least 4 members (excludes halogenated alkanes) is 2. The maximum atomic E-state index is 6.03. The predicted molar refractivity (Wildman–Crippen MR) is 110 cm³/mol. The molecule has 0 spiro atoms. The fourth-order valence-electron chi connectivity index (χ4n) is 3.10. The lowest BCUT2D eigenvalue weighted by Crippen LogP contribution is -2.07. The van der Waals surface area contributed by atoms with Crippen molar-refractivity contribution < 1.29 is 9.47 Å². The number of nitrogens with two attached hydrogens (primary N) is 1. The topological polar surface area (TPSA) is 88.1 Å². The van der Waals surface area contributed by atoms with E-state index >= 15 is 0 Å². The average molecular weight is 434 g/mol. The first-order valence-corrected chi connectivity index (χ1v) is 10.0. The summed E-state index contributed by atoms with van der Waals surface area (Å²) in [5, 5.41) is 1.01. The summed E-state index contributed by atoms with van der Waals surface area (Å²) in [5.41, 5.74) is 8.46. The molecule has 1 aromatic carbocycles. The van der Waals surface area contributed by atoms with Crippen molar-refractivity contribution in [1.82, 2.24) is 19.5 Å². The zero-order valence-corrected chi connectivity index (χ0v) is 17.2. The number of nitrogens with zero attached hydrogens (tertiary/aromatic N) is 4. The van der Waals surface area contributed by atoms with Gasteiger partial charge in [-0.1, -0.05) is 22.4 Å². The second kappa shape index (κ2) is 9.03. The van der Waals surface area contributed by atoms with Crippen LogP contribution in [0.5, 0.6) is 11.5 Å². The Bertz CT molecular complexity index is 912. The zero-order chi connectivity index (χ0) is 19.2. The van der Waals surface area contributed by atoms with Gasteiger partial charge in [-0.3, -0.25) is 0 Å². The molecule has 0 fully saturated rings. The van der Waals surface area contributed by atoms with Crippen LogP contribution in [0, 0.1) is 0 Å². The first kappa shape index (κ1) is 19.4. The number of ether oxygens (including phenoxy) is 2. The molecule has 0 saturated carbocycles. The Hall–Kier alpha value is -2.35. The van der Waals surface area contributed by atoms with Crippen LogP contribution in [-0.4, -0.2) is 39.1 Å². The van der Waals surface area contributed by atoms with E-state index < -0.39 is 0 Å². The number of anilines is 1. The summed E-state index contributed by atoms with van der Waals surface area (Å²) in [6, 6.07) is 5.77. The molecule has 8 heteroatoms. The van der Waals surface area contributed by atoms with Gasteiger partial charge in [-0.15, -0.1) is 0 Å². The van der Waals surface area contributed by atoms with Crippen molar-refractivity contribution in [3.05, 3.63) is 35.9 Å². The van der Waals surface area contributed by atoms with E-state index in [4.69, 9.17) is 20.2 Å². The van der Waals surface area contributed by atoms with E-state index in [0.29, 0.717) is 17.8 Å². The van der Waals surface area contributed by atoms with Crippen LogP contribution < -0.4 is 15.2 Å². The predicted octanol–water partition coefficient (Wildman–Crippen LogP) is 3.58. The standard InChI is InChI=1S/C19H24BrN5O2/c1-26-14-6-7-15(27-2)13(10-14)11-16-24-17-18(21)22-12-23-19(17)25(16)9-5-3-4-8-20/h6-7,10,12H,3-5,8-9,11H2,1-2H3,(H2,21,22,23). The van der Waals surface area contributed by atoms with Crippen molar-refractivity contribution in [3.63, 3.8) is 0 Å². The minimum absolute atomic E-state index is 0.401. The molecule has 0 saturated heterocycles. The van der Waals surface area contributed by atoms with Gasteiger partial charge >= 0.3 is 0 Å². The number of methoxy groups -OCH3 is 2. The van der Waals surface area contributed by atoms with Crippen molar-refractivity contribution in [2.75, 3.05) is 25.3 Å². The molecule has 144 valence electrons. The van der Waals surface area contributed by atoms with E-state index in [2.05, 4.69) is 30.5 Å². The van der Waals surface area contributed by atoms with Gasteiger partial charge in [-0.05, 0) is 31.0 Å². The summed E-state index contributed by atoms with van der Waals surface area (Å²) in [5.74, 6) is 2.87. The molecule has 3 aromatic rings. The normalized spacial score (nSPS) is 11.1. The molecular weight excluding hydrogens is 410 g/mol. The van der Waals surface area contributed by atoms with Crippen molar-refractivity contribution in [1.29, 1.82) is 0 Å². The molecule has 0 atom stereocenters. The number of aryl methyl sites for hydroxylation is 1. The highest BCUT2D eigenvalue weighted by Gasteiger charge is 2.17. The van der Waals surface area contributed by atoms with Crippen molar-refractivity contribution in [3.8, 4) is 11.5 Å². The number of hydrogen-bond donors (Lipinski definition) is 1. The third kappa shape index (κ3) is 4.32. The molecule has 0 radical (unpaired) electrons. The monoisotopic (exact) mass is 433 g/mol. The molecule has 27 heavy (non-hydrogen) atoms. The van der Waals surface area contributed by atoms with E-state index in [0.717, 1.165) is 59.7 Å². The average Bonchev–Trinajstić information content (AvgIpc) is 3.04. The minimum atomic E-state index is 0.401. The third-order valence-electron chi connectivity index (χ3n) is 4.49. The van der Waals surface area contributed by atoms with Gasteiger partial charge in [0.25, 0.3) is 0 Å². The van der Waals surface area contributed by atoms with Gasteiger partial charge in [0.1, 0.15) is 23.7 Å². The molecule has 0 aliphatic rings. The Morgan fingerprint density at radius 1 is 1.11 bits per heavy atom. The summed E-state index contributed by atoms with van der Waals surface area (Å²) in [6.45, 7) is 0.835. The molecule has 0 unspecified atom stereocenters. The number of rotatable bonds is 9. The molecule has 2 N–H and O–H groups in total. The van der Waals surface area contributed by atoms with E-state index in [1.54, 1.807) is 14.2 Å². The first-order valence-electron chi connectivity index (χ1n) is 8.90. The molecule has 0 aliphatic heterocycles. The van der Waals surface area contributed by atoms with Gasteiger partial charge in [0, 0.05) is 23.9 Å². The number of hydrogen-bond acceptors (Lipinski definition) is 6. The van der Waals surface area contributed by atoms with Crippen LogP contribution in [0.4, 0.5) is 5.82 Å². The lowest BCUT2D eigenvalue weighted by molar-refractivity contribution is 0.399. The second-order valence-corrected chi connectivity index (χ2v) is 7.01. The fourth-order valence-corrected chi connectivity index (χ4v) is 3.50. The minimum Gasteiger partial charge on any atom is -0.497 e. The zero-order valence-electron chi connectivity index (χ0n) is 15.6. The van der Waals surface area contributed by atoms with E-state index in [-0.39, 0.29) is 0 Å². The Morgan fingerprint density at radius 3 is 2.70 bits per heavy atom. The van der Waals surface area contributed by atoms with Crippen molar-refractivity contribution in [2.24, 2.45) is 0 Å². The molecule has 0 amide bonds. The van der Waals surface area contributed by atoms with Gasteiger partial charge in [0.15, 0.2) is 17.0 Å². The lowest BCUT2D eigenvalue weighted by Gasteiger charge is -2.12. The molecule has 2 heterocycles. The SMILES string of the molecule is COc1ccc(OC)c(Cc2nc3c(N)ncnc3n2CCCCCBr)c1. The Kier molecular flexibility index (Phi) is 6.49. The number of benzene rings is 1. The third-order valence-corrected chi connectivity index (χ3v) is 5.05. The van der Waals surface area contributed by atoms with Crippen LogP contribution in [0.3, 0.4) is 0 Å². The summed E-state index contributed by atoms with van der Waals surface area (Å²) >= 11 is 3.48. The van der Waals surface area contributed by atoms with Crippen LogP contribution in [0.15, 0.2) is 24.5 Å². The number of fused-ring (bicyclic) bond motifs is 1. The maximum absolute atomic E-state index is 6.03. The molecule has 2 aromatic heterocycles. The highest BCUT2D eigenvalue weighted by molar-refractivity contribution is 9.09. The summed E-state index contributed by atoms with van der Waals surface area (Å²) in [4.78, 5) is 13.2. The number of nitrogen functional groups attached to an aromatic ring is 1. The number of aromatic nitrogens is 4. The Labute approximate surface area is 167 Å². The molecule has 0 bridgehead atoms. The maximum Gasteiger partial charge on any atom is 0.165 e. The smallest absolute Gasteiger partial charge is 0.165 e. The second-order valence-electron chi connectivity index (χ2n) is 6.21. The lowest BCUT2D eigenvalue weighted by atomic mass is 10.1. The summed E-state index contributed by atoms with van der Waals surface area (Å²) < 4.78 is 13.0. The van der Waals surface area contributed by atoms with E-state index in [1.165, 1.54) is 6.33 Å². The highest BCUT2D eigenvalue weighted by atomic mass is 79.9. The van der Waals surface area contributed by atoms with Gasteiger partial charge < -0.3 is 19.8 Å². The first-order chi connectivity index (χ1) is 13.2. The van der Waals surface area contributed by atoms with Crippen LogP contribution in [0.1, 0.15) is 30.7 Å². The number of alkyl halides is 1. The van der Waals surface area contributed by atoms with Crippen LogP contribution in [0.25, 0.3) is 11.2 Å². The van der Waals surface area contributed by atoms with Gasteiger partial charge in [-0.25, -0.2) is 15.0 Å². The Morgan fingerprint density at radius 2 is 1.96 bits per heavy atom. The van der Waals surface area contributed by atoms with Gasteiger partial charge in [0.2, 0.25) is 0 Å². The Balaban J connectivity index is 1.99. The summed E-state index contributed by atoms with van der Waals surface area (Å²) in [6.07, 6.45) is 5.40. The van der Waals surface area contributed by atoms with Gasteiger partial charge in [0.05, 0.1) is 14.2 Å². The van der Waals surface area contributed by atoms with Crippen LogP contribution in [0.2, 0.25) is 0 Å². The fraction of sp³-hybridized carbons (Fsp3) is 0.421. The van der Waals surface area contributed by atoms with Gasteiger partial charge in [-0.2, -0.15) is 0 Å². The summed E-state index contributed by atoms with van der Waals surface area (Å²) in [7, 11) is 3.32. The molecular formula is C19H24BrN5O2. The van der Waals surface area contributed by atoms with E-state index in [1.807, 2.05) is 18.2 Å². The quantitative estimate of drug-likeness (QED) is 0.409. The number of imidazole rings is 1. The molecule has 7 nitrogen and oxygen atoms in total. The van der Waals surface area contributed by atoms with Crippen LogP contribution in [-0.2, 0) is 13.0 Å². The van der Waals surface area contributed by atoms with E-state index in [9.17, 15) is 0 Å². The van der Waals surface area contributed by atoms with Crippen molar-refractivity contribution in [2.45, 2.75) is 32.2 Å². The molecule has 0 aliphatic carbocycles. The van der Waals surface area contributed by atoms with Crippen molar-refractivity contribution >= 4 is 32.9 Å². The molecule has 3 rings (SSSR count). The number of halogens is 1.